The molecule has 0 aromatic carbocycles. The van der Waals surface area contributed by atoms with E-state index in [1.165, 1.54) is 15.5 Å². The second kappa shape index (κ2) is 7.73. The van der Waals surface area contributed by atoms with Crippen LogP contribution in [0.5, 0.6) is 0 Å². The number of nitrogens with zero attached hydrogens (tertiary/aromatic N) is 4. The average Bonchev–Trinajstić information content (AvgIpc) is 2.63. The summed E-state index contributed by atoms with van der Waals surface area (Å²) in [5.41, 5.74) is -0.525. The molecule has 1 aliphatic rings. The summed E-state index contributed by atoms with van der Waals surface area (Å²) in [6, 6.07) is 2.17. The summed E-state index contributed by atoms with van der Waals surface area (Å²) in [7, 11) is 0. The Morgan fingerprint density at radius 2 is 1.93 bits per heavy atom. The first-order valence-corrected chi connectivity index (χ1v) is 9.44. The molecule has 30 heavy (non-hydrogen) atoms. The molecule has 0 radical (unpaired) electrons. The third-order valence-electron chi connectivity index (χ3n) is 4.61. The number of hydrogen-bond acceptors (Lipinski definition) is 5. The molecule has 0 unspecified atom stereocenters. The number of amides is 1. The average molecular weight is 424 g/mol. The monoisotopic (exact) mass is 424 g/mol. The Hall–Kier alpha value is -2.91. The summed E-state index contributed by atoms with van der Waals surface area (Å²) in [6.45, 7) is 7.45. The van der Waals surface area contributed by atoms with E-state index in [1.54, 1.807) is 27.7 Å². The van der Waals surface area contributed by atoms with Gasteiger partial charge in [-0.25, -0.2) is 9.78 Å². The third kappa shape index (κ3) is 4.80. The minimum atomic E-state index is -4.52. The van der Waals surface area contributed by atoms with E-state index in [-0.39, 0.29) is 18.6 Å². The highest BCUT2D eigenvalue weighted by Gasteiger charge is 2.32. The highest BCUT2D eigenvalue weighted by molar-refractivity contribution is 5.68. The van der Waals surface area contributed by atoms with Crippen molar-refractivity contribution in [3.8, 4) is 0 Å². The van der Waals surface area contributed by atoms with Crippen molar-refractivity contribution in [1.29, 1.82) is 0 Å². The quantitative estimate of drug-likeness (QED) is 0.739. The maximum absolute atomic E-state index is 13.1. The first-order chi connectivity index (χ1) is 13.8. The van der Waals surface area contributed by atoms with E-state index in [4.69, 9.17) is 4.74 Å². The smallest absolute Gasteiger partial charge is 0.433 e. The number of fused-ring (bicyclic) bond motifs is 1. The summed E-state index contributed by atoms with van der Waals surface area (Å²) in [6.07, 6.45) is -3.51. The third-order valence-corrected chi connectivity index (χ3v) is 4.61. The number of alkyl halides is 3. The molecule has 0 bridgehead atoms. The molecular weight excluding hydrogens is 401 g/mol. The van der Waals surface area contributed by atoms with Gasteiger partial charge in [0.25, 0.3) is 5.56 Å². The summed E-state index contributed by atoms with van der Waals surface area (Å²) in [4.78, 5) is 34.8. The van der Waals surface area contributed by atoms with Gasteiger partial charge in [-0.2, -0.15) is 13.2 Å². The fourth-order valence-electron chi connectivity index (χ4n) is 3.17. The van der Waals surface area contributed by atoms with Crippen molar-refractivity contribution in [2.45, 2.75) is 59.0 Å². The van der Waals surface area contributed by atoms with Crippen LogP contribution in [0.15, 0.2) is 23.1 Å². The van der Waals surface area contributed by atoms with Crippen molar-refractivity contribution < 1.29 is 22.7 Å². The van der Waals surface area contributed by atoms with Crippen LogP contribution >= 0.6 is 0 Å². The van der Waals surface area contributed by atoms with Crippen LogP contribution in [-0.2, 0) is 30.4 Å². The first-order valence-electron chi connectivity index (χ1n) is 9.44. The summed E-state index contributed by atoms with van der Waals surface area (Å²) in [5, 5.41) is 0. The van der Waals surface area contributed by atoms with E-state index < -0.39 is 23.6 Å². The molecular formula is C20H23F3N4O3. The van der Waals surface area contributed by atoms with Crippen LogP contribution in [0.3, 0.4) is 0 Å². The predicted octanol–water partition coefficient (Wildman–Crippen LogP) is 3.31. The van der Waals surface area contributed by atoms with Crippen molar-refractivity contribution in [2.24, 2.45) is 0 Å². The van der Waals surface area contributed by atoms with Gasteiger partial charge in [0.2, 0.25) is 0 Å². The molecule has 0 N–H and O–H groups in total. The predicted molar refractivity (Wildman–Crippen MR) is 102 cm³/mol. The van der Waals surface area contributed by atoms with Crippen LogP contribution in [-0.4, -0.2) is 37.7 Å². The Labute approximate surface area is 171 Å². The van der Waals surface area contributed by atoms with Crippen LogP contribution in [0.4, 0.5) is 18.0 Å². The lowest BCUT2D eigenvalue weighted by Crippen LogP contribution is -2.43. The van der Waals surface area contributed by atoms with Gasteiger partial charge in [-0.3, -0.25) is 14.3 Å². The maximum Gasteiger partial charge on any atom is 0.433 e. The largest absolute Gasteiger partial charge is 0.444 e. The van der Waals surface area contributed by atoms with Crippen molar-refractivity contribution in [3.05, 3.63) is 57.0 Å². The number of halogens is 3. The molecule has 2 aromatic rings. The van der Waals surface area contributed by atoms with E-state index >= 15 is 0 Å². The van der Waals surface area contributed by atoms with Crippen molar-refractivity contribution in [2.75, 3.05) is 6.54 Å². The number of aromatic nitrogens is 3. The Morgan fingerprint density at radius 3 is 2.50 bits per heavy atom. The molecule has 0 saturated heterocycles. The Morgan fingerprint density at radius 1 is 1.23 bits per heavy atom. The fourth-order valence-corrected chi connectivity index (χ4v) is 3.17. The standard InChI is InChI=1S/C20H23F3N4O3/c1-12-25-15-7-8-26(18(29)30-19(2,3)4)11-14(15)17(28)27(12)10-13-5-6-16(24-9-13)20(21,22)23/h5-6,9H,7-8,10-11H2,1-4H3. The number of aryl methyl sites for hydroxylation is 1. The summed E-state index contributed by atoms with van der Waals surface area (Å²) >= 11 is 0. The van der Waals surface area contributed by atoms with E-state index in [2.05, 4.69) is 9.97 Å². The van der Waals surface area contributed by atoms with Crippen LogP contribution in [0.25, 0.3) is 0 Å². The molecule has 2 aromatic heterocycles. The number of carbonyl (C=O) groups is 1. The van der Waals surface area contributed by atoms with Gasteiger partial charge in [0.05, 0.1) is 24.3 Å². The van der Waals surface area contributed by atoms with Crippen LogP contribution in [0.2, 0.25) is 0 Å². The number of hydrogen-bond donors (Lipinski definition) is 0. The van der Waals surface area contributed by atoms with Crippen LogP contribution in [0, 0.1) is 6.92 Å². The molecule has 1 amide bonds. The zero-order chi connectivity index (χ0) is 22.3. The second-order valence-corrected chi connectivity index (χ2v) is 8.18. The molecule has 0 atom stereocenters. The van der Waals surface area contributed by atoms with E-state index in [0.717, 1.165) is 12.3 Å². The van der Waals surface area contributed by atoms with Gasteiger partial charge in [0.1, 0.15) is 17.1 Å². The van der Waals surface area contributed by atoms with Crippen molar-refractivity contribution in [3.63, 3.8) is 0 Å². The summed E-state index contributed by atoms with van der Waals surface area (Å²) in [5.74, 6) is 0.448. The van der Waals surface area contributed by atoms with Gasteiger partial charge in [-0.05, 0) is 39.3 Å². The molecule has 10 heteroatoms. The van der Waals surface area contributed by atoms with Crippen molar-refractivity contribution >= 4 is 6.09 Å². The van der Waals surface area contributed by atoms with E-state index in [0.29, 0.717) is 35.6 Å². The van der Waals surface area contributed by atoms with Gasteiger partial charge < -0.3 is 9.64 Å². The second-order valence-electron chi connectivity index (χ2n) is 8.18. The molecule has 0 spiro atoms. The molecule has 3 heterocycles. The normalized spacial score (nSPS) is 14.4. The number of pyridine rings is 1. The molecule has 0 aliphatic carbocycles. The lowest BCUT2D eigenvalue weighted by Gasteiger charge is -2.31. The van der Waals surface area contributed by atoms with E-state index in [9.17, 15) is 22.8 Å². The van der Waals surface area contributed by atoms with Gasteiger partial charge in [0.15, 0.2) is 0 Å². The zero-order valence-electron chi connectivity index (χ0n) is 17.2. The molecule has 3 rings (SSSR count). The molecule has 1 aliphatic heterocycles. The zero-order valence-corrected chi connectivity index (χ0v) is 17.2. The minimum absolute atomic E-state index is 0.0303. The fraction of sp³-hybridized carbons (Fsp3) is 0.500. The number of rotatable bonds is 2. The van der Waals surface area contributed by atoms with Gasteiger partial charge in [-0.1, -0.05) is 6.07 Å². The molecule has 0 saturated carbocycles. The maximum atomic E-state index is 13.1. The topological polar surface area (TPSA) is 77.3 Å². The van der Waals surface area contributed by atoms with Crippen LogP contribution < -0.4 is 5.56 Å². The van der Waals surface area contributed by atoms with Gasteiger partial charge in [0, 0.05) is 19.2 Å². The Kier molecular flexibility index (Phi) is 5.62. The highest BCUT2D eigenvalue weighted by atomic mass is 19.4. The van der Waals surface area contributed by atoms with Gasteiger partial charge in [-0.15, -0.1) is 0 Å². The number of ether oxygens (including phenoxy) is 1. The molecule has 0 fully saturated rings. The number of carbonyl (C=O) groups excluding carboxylic acids is 1. The van der Waals surface area contributed by atoms with E-state index in [1.807, 2.05) is 0 Å². The SMILES string of the molecule is Cc1nc2c(c(=O)n1Cc1ccc(C(F)(F)F)nc1)CN(C(=O)OC(C)(C)C)CC2. The minimum Gasteiger partial charge on any atom is -0.444 e. The lowest BCUT2D eigenvalue weighted by atomic mass is 10.1. The molecule has 162 valence electrons. The Balaban J connectivity index is 1.86. The highest BCUT2D eigenvalue weighted by Crippen LogP contribution is 2.27. The van der Waals surface area contributed by atoms with Crippen LogP contribution in [0.1, 0.15) is 49.1 Å². The van der Waals surface area contributed by atoms with Crippen molar-refractivity contribution in [1.82, 2.24) is 19.4 Å². The lowest BCUT2D eigenvalue weighted by molar-refractivity contribution is -0.141. The first kappa shape index (κ1) is 21.8. The Bertz CT molecular complexity index is 1010. The van der Waals surface area contributed by atoms with Gasteiger partial charge >= 0.3 is 12.3 Å². The molecule has 7 nitrogen and oxygen atoms in total. The summed E-state index contributed by atoms with van der Waals surface area (Å²) < 4.78 is 44.8.